The summed E-state index contributed by atoms with van der Waals surface area (Å²) in [5.41, 5.74) is -1.02. The second-order valence-electron chi connectivity index (χ2n) is 5.62. The molecule has 2 aliphatic heterocycles. The summed E-state index contributed by atoms with van der Waals surface area (Å²) >= 11 is 1.66. The van der Waals surface area contributed by atoms with Gasteiger partial charge in [-0.05, 0) is 32.9 Å². The van der Waals surface area contributed by atoms with E-state index in [0.29, 0.717) is 11.0 Å². The van der Waals surface area contributed by atoms with Crippen LogP contribution >= 0.6 is 11.8 Å². The lowest BCUT2D eigenvalue weighted by atomic mass is 9.85. The Morgan fingerprint density at radius 2 is 2.15 bits per heavy atom. The van der Waals surface area contributed by atoms with Gasteiger partial charge in [0.25, 0.3) is 0 Å². The zero-order valence-corrected chi connectivity index (χ0v) is 12.5. The quantitative estimate of drug-likeness (QED) is 0.666. The normalized spacial score (nSPS) is 31.1. The van der Waals surface area contributed by atoms with Crippen molar-refractivity contribution in [3.05, 3.63) is 0 Å². The van der Waals surface area contributed by atoms with E-state index in [1.165, 1.54) is 0 Å². The molecule has 6 nitrogen and oxygen atoms in total. The van der Waals surface area contributed by atoms with E-state index in [2.05, 4.69) is 10.6 Å². The highest BCUT2D eigenvalue weighted by molar-refractivity contribution is 8.00. The number of ether oxygens (including phenoxy) is 1. The molecule has 0 aliphatic carbocycles. The first-order valence-corrected chi connectivity index (χ1v) is 8.00. The van der Waals surface area contributed by atoms with Gasteiger partial charge in [0.1, 0.15) is 5.41 Å². The Morgan fingerprint density at radius 1 is 1.45 bits per heavy atom. The van der Waals surface area contributed by atoms with Gasteiger partial charge in [-0.15, -0.1) is 11.8 Å². The van der Waals surface area contributed by atoms with Crippen molar-refractivity contribution in [3.8, 4) is 0 Å². The van der Waals surface area contributed by atoms with Crippen LogP contribution in [0.5, 0.6) is 0 Å². The molecule has 2 atom stereocenters. The summed E-state index contributed by atoms with van der Waals surface area (Å²) in [6.45, 7) is 4.05. The first kappa shape index (κ1) is 15.6. The van der Waals surface area contributed by atoms with E-state index < -0.39 is 17.4 Å². The molecule has 0 aromatic rings. The Kier molecular flexibility index (Phi) is 5.29. The van der Waals surface area contributed by atoms with E-state index in [0.717, 1.165) is 25.9 Å². The largest absolute Gasteiger partial charge is 0.481 e. The van der Waals surface area contributed by atoms with Crippen LogP contribution in [0.25, 0.3) is 0 Å². The molecule has 2 rings (SSSR count). The van der Waals surface area contributed by atoms with Crippen LogP contribution in [0.15, 0.2) is 0 Å². The first-order valence-electron chi connectivity index (χ1n) is 6.95. The molecular formula is C13H22N2O4S. The number of carbonyl (C=O) groups is 2. The van der Waals surface area contributed by atoms with Gasteiger partial charge in [-0.25, -0.2) is 0 Å². The maximum atomic E-state index is 12.0. The van der Waals surface area contributed by atoms with Crippen LogP contribution in [0.4, 0.5) is 0 Å². The van der Waals surface area contributed by atoms with Gasteiger partial charge in [-0.3, -0.25) is 9.59 Å². The average Bonchev–Trinajstić information content (AvgIpc) is 2.80. The van der Waals surface area contributed by atoms with Crippen LogP contribution in [-0.4, -0.2) is 60.3 Å². The molecule has 3 N–H and O–H groups in total. The van der Waals surface area contributed by atoms with Crippen LogP contribution < -0.4 is 10.6 Å². The number of carboxylic acid groups (broad SMARTS) is 1. The average molecular weight is 302 g/mol. The standard InChI is InChI=1S/C13H22N2O4S/c1-13(12(17)18)8-19-6-10(13)15-11(16)7-20-9-2-4-14-5-3-9/h9-10,14H,2-8H2,1H3,(H,15,16)(H,17,18). The maximum Gasteiger partial charge on any atom is 0.313 e. The second kappa shape index (κ2) is 6.78. The molecule has 0 aromatic heterocycles. The minimum atomic E-state index is -1.02. The summed E-state index contributed by atoms with van der Waals surface area (Å²) in [6, 6.07) is -0.443. The fraction of sp³-hybridized carbons (Fsp3) is 0.846. The molecule has 0 radical (unpaired) electrons. The van der Waals surface area contributed by atoms with E-state index in [-0.39, 0.29) is 19.1 Å². The molecule has 7 heteroatoms. The molecule has 2 fully saturated rings. The monoisotopic (exact) mass is 302 g/mol. The fourth-order valence-electron chi connectivity index (χ4n) is 2.48. The Bertz CT molecular complexity index is 373. The number of nitrogens with one attached hydrogen (secondary N) is 2. The van der Waals surface area contributed by atoms with Crippen LogP contribution in [0, 0.1) is 5.41 Å². The number of piperidine rings is 1. The van der Waals surface area contributed by atoms with Gasteiger partial charge in [0, 0.05) is 5.25 Å². The molecule has 0 bridgehead atoms. The summed E-state index contributed by atoms with van der Waals surface area (Å²) in [6.07, 6.45) is 2.16. The summed E-state index contributed by atoms with van der Waals surface area (Å²) in [5, 5.41) is 15.9. The lowest BCUT2D eigenvalue weighted by Crippen LogP contribution is -2.50. The van der Waals surface area contributed by atoms with Gasteiger partial charge in [0.2, 0.25) is 5.91 Å². The van der Waals surface area contributed by atoms with Gasteiger partial charge in [-0.2, -0.15) is 0 Å². The highest BCUT2D eigenvalue weighted by atomic mass is 32.2. The van der Waals surface area contributed by atoms with Crippen LogP contribution in [0.3, 0.4) is 0 Å². The number of amides is 1. The maximum absolute atomic E-state index is 12.0. The Hall–Kier alpha value is -0.790. The van der Waals surface area contributed by atoms with Crippen molar-refractivity contribution in [1.82, 2.24) is 10.6 Å². The van der Waals surface area contributed by atoms with E-state index in [4.69, 9.17) is 4.74 Å². The number of rotatable bonds is 5. The van der Waals surface area contributed by atoms with Gasteiger partial charge in [0.05, 0.1) is 25.0 Å². The smallest absolute Gasteiger partial charge is 0.313 e. The lowest BCUT2D eigenvalue weighted by Gasteiger charge is -2.26. The van der Waals surface area contributed by atoms with Crippen molar-refractivity contribution >= 4 is 23.6 Å². The Balaban J connectivity index is 1.77. The third-order valence-corrected chi connectivity index (χ3v) is 5.39. The molecular weight excluding hydrogens is 280 g/mol. The van der Waals surface area contributed by atoms with Crippen LogP contribution in [0.1, 0.15) is 19.8 Å². The van der Waals surface area contributed by atoms with Crippen molar-refractivity contribution in [2.75, 3.05) is 32.1 Å². The van der Waals surface area contributed by atoms with Crippen LogP contribution in [-0.2, 0) is 14.3 Å². The predicted octanol–water partition coefficient (Wildman–Crippen LogP) is 0.0775. The molecule has 114 valence electrons. The Morgan fingerprint density at radius 3 is 2.80 bits per heavy atom. The van der Waals surface area contributed by atoms with Crippen molar-refractivity contribution in [1.29, 1.82) is 0 Å². The van der Waals surface area contributed by atoms with Gasteiger partial charge < -0.3 is 20.5 Å². The molecule has 2 aliphatic rings. The van der Waals surface area contributed by atoms with Crippen molar-refractivity contribution in [2.45, 2.75) is 31.1 Å². The molecule has 2 saturated heterocycles. The fourth-order valence-corrected chi connectivity index (χ4v) is 3.52. The molecule has 2 unspecified atom stereocenters. The minimum Gasteiger partial charge on any atom is -0.481 e. The highest BCUT2D eigenvalue weighted by Gasteiger charge is 2.47. The number of carboxylic acids is 1. The predicted molar refractivity (Wildman–Crippen MR) is 76.8 cm³/mol. The van der Waals surface area contributed by atoms with E-state index in [1.807, 2.05) is 0 Å². The topological polar surface area (TPSA) is 87.7 Å². The zero-order chi connectivity index (χ0) is 14.6. The molecule has 1 amide bonds. The summed E-state index contributed by atoms with van der Waals surface area (Å²) in [4.78, 5) is 23.2. The SMILES string of the molecule is CC1(C(=O)O)COCC1NC(=O)CSC1CCNCC1. The minimum absolute atomic E-state index is 0.100. The van der Waals surface area contributed by atoms with Crippen molar-refractivity contribution < 1.29 is 19.4 Å². The van der Waals surface area contributed by atoms with Gasteiger partial charge in [0.15, 0.2) is 0 Å². The second-order valence-corrected chi connectivity index (χ2v) is 6.91. The lowest BCUT2D eigenvalue weighted by molar-refractivity contribution is -0.148. The Labute approximate surface area is 123 Å². The van der Waals surface area contributed by atoms with Crippen LogP contribution in [0.2, 0.25) is 0 Å². The summed E-state index contributed by atoms with van der Waals surface area (Å²) in [5.74, 6) is -0.639. The first-order chi connectivity index (χ1) is 9.52. The number of hydrogen-bond donors (Lipinski definition) is 3. The summed E-state index contributed by atoms with van der Waals surface area (Å²) in [7, 11) is 0. The van der Waals surface area contributed by atoms with Gasteiger partial charge in [-0.1, -0.05) is 0 Å². The number of carbonyl (C=O) groups excluding carboxylic acids is 1. The third-order valence-electron chi connectivity index (χ3n) is 4.02. The summed E-state index contributed by atoms with van der Waals surface area (Å²) < 4.78 is 5.22. The van der Waals surface area contributed by atoms with Crippen molar-refractivity contribution in [2.24, 2.45) is 5.41 Å². The third kappa shape index (κ3) is 3.65. The number of aliphatic carboxylic acids is 1. The number of thioether (sulfide) groups is 1. The molecule has 0 spiro atoms. The highest BCUT2D eigenvalue weighted by Crippen LogP contribution is 2.29. The van der Waals surface area contributed by atoms with E-state index in [9.17, 15) is 14.7 Å². The molecule has 0 saturated carbocycles. The van der Waals surface area contributed by atoms with E-state index >= 15 is 0 Å². The zero-order valence-electron chi connectivity index (χ0n) is 11.7. The van der Waals surface area contributed by atoms with Crippen molar-refractivity contribution in [3.63, 3.8) is 0 Å². The number of hydrogen-bond acceptors (Lipinski definition) is 5. The molecule has 0 aromatic carbocycles. The molecule has 20 heavy (non-hydrogen) atoms. The van der Waals surface area contributed by atoms with Gasteiger partial charge >= 0.3 is 5.97 Å². The van der Waals surface area contributed by atoms with E-state index in [1.54, 1.807) is 18.7 Å². The molecule has 2 heterocycles.